The molecule has 0 nitrogen and oxygen atoms in total. The average Bonchev–Trinajstić information content (AvgIpc) is 2.78. The first kappa shape index (κ1) is 19.6. The molecular weight excluding hydrogens is 321 g/mol. The fourth-order valence-electron chi connectivity index (χ4n) is 0.642. The van der Waals surface area contributed by atoms with Crippen LogP contribution in [0.3, 0.4) is 0 Å². The topological polar surface area (TPSA) is 0 Å². The molecule has 0 aromatic heterocycles. The summed E-state index contributed by atoms with van der Waals surface area (Å²) >= 11 is 0. The Kier molecular flexibility index (Phi) is 6.97. The molecule has 0 amide bonds. The molecule has 0 saturated heterocycles. The van der Waals surface area contributed by atoms with E-state index in [-0.39, 0.29) is 17.1 Å². The minimum atomic E-state index is -10.7. The molecule has 0 aliphatic heterocycles. The molecule has 0 spiro atoms. The zero-order chi connectivity index (χ0) is 13.5. The SMILES string of the molecule is F[P-](F)(F)(F)(F)F.[Fe+2].c1cc[cH-]c1.c1cc[cH-]c1. The molecule has 106 valence electrons. The molecule has 0 aliphatic carbocycles. The van der Waals surface area contributed by atoms with Crippen molar-refractivity contribution < 1.29 is 42.3 Å². The Morgan fingerprint density at radius 2 is 0.722 bits per heavy atom. The van der Waals surface area contributed by atoms with Gasteiger partial charge in [-0.05, 0) is 0 Å². The quantitative estimate of drug-likeness (QED) is 0.234. The Labute approximate surface area is 111 Å². The van der Waals surface area contributed by atoms with Crippen molar-refractivity contribution in [1.29, 1.82) is 0 Å². The standard InChI is InChI=1S/2C5H5.F6P.Fe/c2*1-2-4-5-3-1;1-7(2,3,4,5)6;/h2*1-5H;;/q3*-1;+2. The summed E-state index contributed by atoms with van der Waals surface area (Å²) in [5.41, 5.74) is 0. The summed E-state index contributed by atoms with van der Waals surface area (Å²) in [6.45, 7) is 0. The normalized spacial score (nSPS) is 13.4. The largest absolute Gasteiger partial charge is 2.00 e. The Balaban J connectivity index is 0. The third-order valence-electron chi connectivity index (χ3n) is 1.11. The predicted molar refractivity (Wildman–Crippen MR) is 57.6 cm³/mol. The molecule has 0 N–H and O–H groups in total. The second-order valence-corrected chi connectivity index (χ2v) is 4.80. The van der Waals surface area contributed by atoms with Crippen LogP contribution in [-0.4, -0.2) is 0 Å². The summed E-state index contributed by atoms with van der Waals surface area (Å²) in [5, 5.41) is 0. The van der Waals surface area contributed by atoms with E-state index in [0.717, 1.165) is 0 Å². The molecule has 0 aliphatic rings. The van der Waals surface area contributed by atoms with Gasteiger partial charge >= 0.3 is 50.1 Å². The maximum Gasteiger partial charge on any atom is 2.00 e. The Hall–Kier alpha value is -0.771. The molecule has 0 fully saturated rings. The van der Waals surface area contributed by atoms with E-state index >= 15 is 0 Å². The minimum absolute atomic E-state index is 0. The first-order valence-corrected chi connectivity index (χ1v) is 6.38. The van der Waals surface area contributed by atoms with E-state index in [1.54, 1.807) is 0 Å². The molecule has 2 aromatic rings. The van der Waals surface area contributed by atoms with Crippen molar-refractivity contribution >= 4 is 7.81 Å². The van der Waals surface area contributed by atoms with Crippen molar-refractivity contribution in [3.05, 3.63) is 60.7 Å². The van der Waals surface area contributed by atoms with Gasteiger partial charge in [0.1, 0.15) is 0 Å². The average molecular weight is 331 g/mol. The molecule has 18 heavy (non-hydrogen) atoms. The zero-order valence-electron chi connectivity index (χ0n) is 8.84. The second kappa shape index (κ2) is 6.41. The van der Waals surface area contributed by atoms with Gasteiger partial charge in [0.15, 0.2) is 0 Å². The number of hydrogen-bond donors (Lipinski definition) is 0. The molecular formula is C10H10F6FeP-. The van der Waals surface area contributed by atoms with Crippen LogP contribution >= 0.6 is 7.81 Å². The van der Waals surface area contributed by atoms with Crippen LogP contribution in [0.15, 0.2) is 60.7 Å². The summed E-state index contributed by atoms with van der Waals surface area (Å²) in [6.07, 6.45) is 0. The van der Waals surface area contributed by atoms with Crippen LogP contribution < -0.4 is 0 Å². The van der Waals surface area contributed by atoms with Gasteiger partial charge in [-0.3, -0.25) is 0 Å². The molecule has 0 radical (unpaired) electrons. The minimum Gasteiger partial charge on any atom is -0.214 e. The zero-order valence-corrected chi connectivity index (χ0v) is 10.8. The third kappa shape index (κ3) is 36.2. The van der Waals surface area contributed by atoms with Crippen molar-refractivity contribution in [3.8, 4) is 0 Å². The van der Waals surface area contributed by atoms with Gasteiger partial charge in [-0.1, -0.05) is 0 Å². The Morgan fingerprint density at radius 1 is 0.556 bits per heavy atom. The van der Waals surface area contributed by atoms with Gasteiger partial charge in [-0.15, -0.1) is 0 Å². The molecule has 0 atom stereocenters. The Morgan fingerprint density at radius 3 is 0.778 bits per heavy atom. The summed E-state index contributed by atoms with van der Waals surface area (Å²) in [5.74, 6) is 0. The first-order chi connectivity index (χ1) is 7.45. The molecule has 0 saturated carbocycles. The van der Waals surface area contributed by atoms with Crippen LogP contribution in [0.2, 0.25) is 0 Å². The monoisotopic (exact) mass is 331 g/mol. The molecule has 0 unspecified atom stereocenters. The Bertz CT molecular complexity index is 302. The van der Waals surface area contributed by atoms with Crippen LogP contribution in [0, 0.1) is 0 Å². The third-order valence-corrected chi connectivity index (χ3v) is 1.11. The van der Waals surface area contributed by atoms with Gasteiger partial charge in [-0.2, -0.15) is 36.4 Å². The van der Waals surface area contributed by atoms with Crippen LogP contribution in [0.1, 0.15) is 0 Å². The van der Waals surface area contributed by atoms with Crippen molar-refractivity contribution in [2.24, 2.45) is 0 Å². The molecule has 0 bridgehead atoms. The van der Waals surface area contributed by atoms with E-state index in [9.17, 15) is 25.2 Å². The maximum atomic E-state index is 9.87. The van der Waals surface area contributed by atoms with Gasteiger partial charge in [0, 0.05) is 0 Å². The summed E-state index contributed by atoms with van der Waals surface area (Å²) < 4.78 is 59.2. The molecule has 0 heterocycles. The van der Waals surface area contributed by atoms with Crippen LogP contribution in [0.25, 0.3) is 0 Å². The fraction of sp³-hybridized carbons (Fsp3) is 0. The van der Waals surface area contributed by atoms with E-state index in [1.165, 1.54) is 0 Å². The fourth-order valence-corrected chi connectivity index (χ4v) is 0.642. The number of hydrogen-bond acceptors (Lipinski definition) is 0. The van der Waals surface area contributed by atoms with E-state index < -0.39 is 7.81 Å². The van der Waals surface area contributed by atoms with Crippen LogP contribution in [0.4, 0.5) is 25.2 Å². The maximum absolute atomic E-state index is 10.7. The number of rotatable bonds is 0. The van der Waals surface area contributed by atoms with E-state index in [4.69, 9.17) is 0 Å². The summed E-state index contributed by atoms with van der Waals surface area (Å²) in [4.78, 5) is 0. The van der Waals surface area contributed by atoms with E-state index in [1.807, 2.05) is 60.7 Å². The first-order valence-electron chi connectivity index (χ1n) is 4.35. The molecule has 2 rings (SSSR count). The van der Waals surface area contributed by atoms with Crippen LogP contribution in [-0.2, 0) is 17.1 Å². The summed E-state index contributed by atoms with van der Waals surface area (Å²) in [6, 6.07) is 20.0. The van der Waals surface area contributed by atoms with Crippen molar-refractivity contribution in [3.63, 3.8) is 0 Å². The number of halogens is 6. The summed E-state index contributed by atoms with van der Waals surface area (Å²) in [7, 11) is -10.7. The van der Waals surface area contributed by atoms with Crippen molar-refractivity contribution in [2.75, 3.05) is 0 Å². The van der Waals surface area contributed by atoms with Crippen molar-refractivity contribution in [2.45, 2.75) is 0 Å². The smallest absolute Gasteiger partial charge is 0.214 e. The van der Waals surface area contributed by atoms with Gasteiger partial charge in [0.2, 0.25) is 0 Å². The molecule has 8 heteroatoms. The van der Waals surface area contributed by atoms with E-state index in [0.29, 0.717) is 0 Å². The van der Waals surface area contributed by atoms with Gasteiger partial charge in [0.25, 0.3) is 0 Å². The van der Waals surface area contributed by atoms with Gasteiger partial charge < -0.3 is 0 Å². The van der Waals surface area contributed by atoms with E-state index in [2.05, 4.69) is 0 Å². The van der Waals surface area contributed by atoms with Gasteiger partial charge in [0.05, 0.1) is 0 Å². The second-order valence-electron chi connectivity index (χ2n) is 2.88. The predicted octanol–water partition coefficient (Wildman–Crippen LogP) is 6.19. The van der Waals surface area contributed by atoms with Crippen LogP contribution in [0.5, 0.6) is 0 Å². The molecule has 2 aromatic carbocycles. The van der Waals surface area contributed by atoms with Gasteiger partial charge in [-0.25, -0.2) is 24.3 Å². The van der Waals surface area contributed by atoms with Crippen molar-refractivity contribution in [1.82, 2.24) is 0 Å².